The Morgan fingerprint density at radius 1 is 1.32 bits per heavy atom. The summed E-state index contributed by atoms with van der Waals surface area (Å²) in [6.45, 7) is 0. The summed E-state index contributed by atoms with van der Waals surface area (Å²) in [6, 6.07) is 0.208. The summed E-state index contributed by atoms with van der Waals surface area (Å²) in [7, 11) is 0. The topological polar surface area (TPSA) is 68.0 Å². The number of nitrogens with one attached hydrogen (secondary N) is 1. The predicted molar refractivity (Wildman–Crippen MR) is 94.8 cm³/mol. The predicted octanol–water partition coefficient (Wildman–Crippen LogP) is 3.39. The zero-order chi connectivity index (χ0) is 14.0. The first-order valence-electron chi connectivity index (χ1n) is 7.66. The standard InChI is InChI=1S/C15H23N3OS.2ClH/c16-12-5-3-4-11(12)10-13(19)18-15(6-1-2-7-15)14-17-8-9-20-14;;/h8-9,11-12H,1-7,10,16H2,(H,18,19);2*1H/t11-,12+;;/m0../s1. The van der Waals surface area contributed by atoms with Crippen LogP contribution in [-0.4, -0.2) is 16.9 Å². The number of hydrogen-bond donors (Lipinski definition) is 2. The lowest BCUT2D eigenvalue weighted by Crippen LogP contribution is -2.45. The van der Waals surface area contributed by atoms with Gasteiger partial charge in [-0.15, -0.1) is 36.2 Å². The van der Waals surface area contributed by atoms with Crippen molar-refractivity contribution >= 4 is 42.1 Å². The van der Waals surface area contributed by atoms with Crippen LogP contribution in [0.2, 0.25) is 0 Å². The van der Waals surface area contributed by atoms with E-state index in [0.717, 1.165) is 37.1 Å². The lowest BCUT2D eigenvalue weighted by atomic mass is 9.95. The van der Waals surface area contributed by atoms with Gasteiger partial charge in [-0.1, -0.05) is 19.3 Å². The van der Waals surface area contributed by atoms with Gasteiger partial charge in [-0.3, -0.25) is 4.79 Å². The molecule has 2 atom stereocenters. The number of rotatable bonds is 4. The summed E-state index contributed by atoms with van der Waals surface area (Å²) in [4.78, 5) is 16.9. The van der Waals surface area contributed by atoms with Crippen molar-refractivity contribution < 1.29 is 4.79 Å². The molecule has 0 bridgehead atoms. The van der Waals surface area contributed by atoms with Gasteiger partial charge in [-0.05, 0) is 31.6 Å². The summed E-state index contributed by atoms with van der Waals surface area (Å²) >= 11 is 1.65. The third-order valence-electron chi connectivity index (χ3n) is 4.84. The van der Waals surface area contributed by atoms with Crippen molar-refractivity contribution in [3.05, 3.63) is 16.6 Å². The van der Waals surface area contributed by atoms with Crippen LogP contribution in [0, 0.1) is 5.92 Å². The van der Waals surface area contributed by atoms with E-state index >= 15 is 0 Å². The lowest BCUT2D eigenvalue weighted by molar-refractivity contribution is -0.124. The Kier molecular flexibility index (Phi) is 7.59. The SMILES string of the molecule is Cl.Cl.N[C@@H]1CCC[C@H]1CC(=O)NC1(c2nccs2)CCCC1. The van der Waals surface area contributed by atoms with E-state index in [0.29, 0.717) is 12.3 Å². The maximum absolute atomic E-state index is 12.4. The molecule has 2 fully saturated rings. The first-order valence-corrected chi connectivity index (χ1v) is 8.54. The van der Waals surface area contributed by atoms with Crippen LogP contribution >= 0.6 is 36.2 Å². The summed E-state index contributed by atoms with van der Waals surface area (Å²) < 4.78 is 0. The summed E-state index contributed by atoms with van der Waals surface area (Å²) in [5.41, 5.74) is 5.87. The summed E-state index contributed by atoms with van der Waals surface area (Å²) in [6.07, 6.45) is 10.1. The molecule has 1 aromatic heterocycles. The number of nitrogens with two attached hydrogens (primary N) is 1. The molecule has 1 heterocycles. The van der Waals surface area contributed by atoms with Gasteiger partial charge in [-0.2, -0.15) is 0 Å². The van der Waals surface area contributed by atoms with E-state index in [1.54, 1.807) is 11.3 Å². The van der Waals surface area contributed by atoms with Crippen molar-refractivity contribution in [1.29, 1.82) is 0 Å². The Bertz CT molecular complexity index is 463. The number of carbonyl (C=O) groups is 1. The molecule has 0 aromatic carbocycles. The van der Waals surface area contributed by atoms with Crippen molar-refractivity contribution in [3.63, 3.8) is 0 Å². The van der Waals surface area contributed by atoms with Gasteiger partial charge in [0.15, 0.2) is 0 Å². The number of nitrogens with zero attached hydrogens (tertiary/aromatic N) is 1. The molecular formula is C15H25Cl2N3OS. The van der Waals surface area contributed by atoms with E-state index in [1.165, 1.54) is 12.8 Å². The van der Waals surface area contributed by atoms with Crippen LogP contribution in [0.1, 0.15) is 56.4 Å². The monoisotopic (exact) mass is 365 g/mol. The number of carbonyl (C=O) groups excluding carboxylic acids is 1. The number of halogens is 2. The van der Waals surface area contributed by atoms with Crippen molar-refractivity contribution in [2.45, 2.75) is 62.9 Å². The number of hydrogen-bond acceptors (Lipinski definition) is 4. The van der Waals surface area contributed by atoms with Gasteiger partial charge in [0, 0.05) is 24.0 Å². The van der Waals surface area contributed by atoms with Crippen molar-refractivity contribution in [2.24, 2.45) is 11.7 Å². The molecule has 126 valence electrons. The maximum Gasteiger partial charge on any atom is 0.221 e. The fourth-order valence-corrected chi connectivity index (χ4v) is 4.56. The zero-order valence-corrected chi connectivity index (χ0v) is 15.1. The molecule has 3 rings (SSSR count). The highest BCUT2D eigenvalue weighted by atomic mass is 35.5. The second kappa shape index (κ2) is 8.48. The van der Waals surface area contributed by atoms with E-state index in [1.807, 2.05) is 11.6 Å². The first-order chi connectivity index (χ1) is 9.70. The number of amides is 1. The van der Waals surface area contributed by atoms with E-state index in [9.17, 15) is 4.79 Å². The first kappa shape index (κ1) is 19.7. The van der Waals surface area contributed by atoms with Gasteiger partial charge < -0.3 is 11.1 Å². The molecule has 1 aromatic rings. The second-order valence-corrected chi connectivity index (χ2v) is 7.13. The Morgan fingerprint density at radius 2 is 2.05 bits per heavy atom. The van der Waals surface area contributed by atoms with Gasteiger partial charge in [0.1, 0.15) is 5.01 Å². The molecule has 1 amide bonds. The smallest absolute Gasteiger partial charge is 0.221 e. The second-order valence-electron chi connectivity index (χ2n) is 6.23. The molecule has 2 aliphatic carbocycles. The van der Waals surface area contributed by atoms with Crippen molar-refractivity contribution in [2.75, 3.05) is 0 Å². The van der Waals surface area contributed by atoms with Gasteiger partial charge >= 0.3 is 0 Å². The molecule has 22 heavy (non-hydrogen) atoms. The molecule has 2 saturated carbocycles. The molecular weight excluding hydrogens is 341 g/mol. The average Bonchev–Trinajstić information content (AvgIpc) is 3.12. The van der Waals surface area contributed by atoms with Crippen LogP contribution in [0.3, 0.4) is 0 Å². The Labute approximate surface area is 148 Å². The average molecular weight is 366 g/mol. The highest BCUT2D eigenvalue weighted by Crippen LogP contribution is 2.40. The molecule has 0 aliphatic heterocycles. The van der Waals surface area contributed by atoms with Crippen LogP contribution in [-0.2, 0) is 10.3 Å². The molecule has 7 heteroatoms. The Morgan fingerprint density at radius 3 is 2.59 bits per heavy atom. The van der Waals surface area contributed by atoms with Crippen molar-refractivity contribution in [1.82, 2.24) is 10.3 Å². The lowest BCUT2D eigenvalue weighted by Gasteiger charge is -2.29. The Balaban J connectivity index is 0.00000121. The zero-order valence-electron chi connectivity index (χ0n) is 12.6. The fourth-order valence-electron chi connectivity index (χ4n) is 3.71. The minimum atomic E-state index is -0.200. The summed E-state index contributed by atoms with van der Waals surface area (Å²) in [5.74, 6) is 0.522. The van der Waals surface area contributed by atoms with Crippen LogP contribution < -0.4 is 11.1 Å². The third kappa shape index (κ3) is 4.13. The van der Waals surface area contributed by atoms with E-state index in [-0.39, 0.29) is 42.3 Å². The largest absolute Gasteiger partial charge is 0.344 e. The molecule has 0 saturated heterocycles. The molecule has 4 nitrogen and oxygen atoms in total. The molecule has 3 N–H and O–H groups in total. The van der Waals surface area contributed by atoms with Gasteiger partial charge in [-0.25, -0.2) is 4.98 Å². The van der Waals surface area contributed by atoms with Crippen LogP contribution in [0.4, 0.5) is 0 Å². The van der Waals surface area contributed by atoms with E-state index < -0.39 is 0 Å². The highest BCUT2D eigenvalue weighted by Gasteiger charge is 2.39. The van der Waals surface area contributed by atoms with Crippen molar-refractivity contribution in [3.8, 4) is 0 Å². The minimum absolute atomic E-state index is 0. The Hall–Kier alpha value is -0.360. The van der Waals surface area contributed by atoms with E-state index in [2.05, 4.69) is 10.3 Å². The van der Waals surface area contributed by atoms with Gasteiger partial charge in [0.05, 0.1) is 5.54 Å². The number of aromatic nitrogens is 1. The van der Waals surface area contributed by atoms with E-state index in [4.69, 9.17) is 5.73 Å². The quantitative estimate of drug-likeness (QED) is 0.858. The molecule has 0 spiro atoms. The maximum atomic E-state index is 12.4. The van der Waals surface area contributed by atoms with Crippen LogP contribution in [0.5, 0.6) is 0 Å². The minimum Gasteiger partial charge on any atom is -0.344 e. The summed E-state index contributed by atoms with van der Waals surface area (Å²) in [5, 5.41) is 6.36. The van der Waals surface area contributed by atoms with Crippen LogP contribution in [0.25, 0.3) is 0 Å². The fraction of sp³-hybridized carbons (Fsp3) is 0.733. The third-order valence-corrected chi connectivity index (χ3v) is 5.82. The van der Waals surface area contributed by atoms with Crippen LogP contribution in [0.15, 0.2) is 11.6 Å². The van der Waals surface area contributed by atoms with Gasteiger partial charge in [0.25, 0.3) is 0 Å². The molecule has 0 radical (unpaired) electrons. The van der Waals surface area contributed by atoms with Gasteiger partial charge in [0.2, 0.25) is 5.91 Å². The normalized spacial score (nSPS) is 26.0. The molecule has 2 aliphatic rings. The number of thiazole rings is 1. The highest BCUT2D eigenvalue weighted by molar-refractivity contribution is 7.09. The molecule has 0 unspecified atom stereocenters.